The summed E-state index contributed by atoms with van der Waals surface area (Å²) in [6.45, 7) is 0. The first-order chi connectivity index (χ1) is 7.77. The number of carbonyl (C=O) groups excluding carboxylic acids is 1. The molecule has 1 aromatic rings. The van der Waals surface area contributed by atoms with Gasteiger partial charge in [0.1, 0.15) is 11.6 Å². The Labute approximate surface area is 94.3 Å². The Morgan fingerprint density at radius 2 is 2.06 bits per heavy atom. The number of benzene rings is 1. The summed E-state index contributed by atoms with van der Waals surface area (Å²) in [5, 5.41) is 8.67. The number of hydrogen-bond acceptors (Lipinski definition) is 3. The molecule has 0 unspecified atom stereocenters. The van der Waals surface area contributed by atoms with Crippen molar-refractivity contribution in [3.63, 3.8) is 0 Å². The van der Waals surface area contributed by atoms with E-state index in [0.717, 1.165) is 5.56 Å². The van der Waals surface area contributed by atoms with Crippen LogP contribution in [-0.4, -0.2) is 13.1 Å². The molecule has 3 heteroatoms. The Hall–Kier alpha value is -2.34. The van der Waals surface area contributed by atoms with Crippen LogP contribution in [0.25, 0.3) is 6.08 Å². The van der Waals surface area contributed by atoms with Crippen LogP contribution in [0.5, 0.6) is 0 Å². The van der Waals surface area contributed by atoms with Crippen molar-refractivity contribution < 1.29 is 9.53 Å². The second kappa shape index (κ2) is 6.20. The number of nitrogens with zero attached hydrogens (tertiary/aromatic N) is 1. The van der Waals surface area contributed by atoms with Crippen molar-refractivity contribution in [1.29, 1.82) is 5.26 Å². The predicted octanol–water partition coefficient (Wildman–Crippen LogP) is 2.32. The lowest BCUT2D eigenvalue weighted by atomic mass is 10.2. The van der Waals surface area contributed by atoms with Crippen LogP contribution in [0.2, 0.25) is 0 Å². The molecular formula is C13H11NO2. The highest BCUT2D eigenvalue weighted by Gasteiger charge is 2.05. The molecule has 0 aliphatic carbocycles. The lowest BCUT2D eigenvalue weighted by Gasteiger charge is -1.93. The van der Waals surface area contributed by atoms with Crippen LogP contribution in [-0.2, 0) is 9.53 Å². The number of hydrogen-bond donors (Lipinski definition) is 0. The van der Waals surface area contributed by atoms with E-state index in [4.69, 9.17) is 5.26 Å². The fraction of sp³-hybridized carbons (Fsp3) is 0.0769. The first-order valence-corrected chi connectivity index (χ1v) is 4.69. The molecule has 80 valence electrons. The normalized spacial score (nSPS) is 11.1. The van der Waals surface area contributed by atoms with E-state index < -0.39 is 5.97 Å². The van der Waals surface area contributed by atoms with Gasteiger partial charge in [-0.3, -0.25) is 0 Å². The Bertz CT molecular complexity index is 453. The molecule has 16 heavy (non-hydrogen) atoms. The topological polar surface area (TPSA) is 50.1 Å². The molecule has 0 atom stereocenters. The van der Waals surface area contributed by atoms with Crippen LogP contribution in [0, 0.1) is 11.3 Å². The first kappa shape index (κ1) is 11.7. The molecule has 0 N–H and O–H groups in total. The summed E-state index contributed by atoms with van der Waals surface area (Å²) in [6, 6.07) is 11.4. The van der Waals surface area contributed by atoms with E-state index >= 15 is 0 Å². The zero-order valence-corrected chi connectivity index (χ0v) is 8.88. The Morgan fingerprint density at radius 3 is 2.62 bits per heavy atom. The Morgan fingerprint density at radius 1 is 1.38 bits per heavy atom. The summed E-state index contributed by atoms with van der Waals surface area (Å²) in [4.78, 5) is 11.0. The highest BCUT2D eigenvalue weighted by atomic mass is 16.5. The van der Waals surface area contributed by atoms with Gasteiger partial charge >= 0.3 is 5.97 Å². The molecule has 1 aromatic carbocycles. The second-order valence-corrected chi connectivity index (χ2v) is 2.95. The lowest BCUT2D eigenvalue weighted by Crippen LogP contribution is -2.02. The summed E-state index contributed by atoms with van der Waals surface area (Å²) in [6.07, 6.45) is 4.88. The number of allylic oxidation sites excluding steroid dienone is 2. The van der Waals surface area contributed by atoms with Crippen LogP contribution in [0.4, 0.5) is 0 Å². The lowest BCUT2D eigenvalue weighted by molar-refractivity contribution is -0.135. The van der Waals surface area contributed by atoms with Crippen molar-refractivity contribution in [3.8, 4) is 6.07 Å². The van der Waals surface area contributed by atoms with Gasteiger partial charge in [0.05, 0.1) is 7.11 Å². The standard InChI is InChI=1S/C13H11NO2/c1-16-13(15)12(10-14)9-5-8-11-6-3-2-4-7-11/h2-9H,1H3/b8-5+,12-9+. The zero-order chi connectivity index (χ0) is 11.8. The van der Waals surface area contributed by atoms with E-state index in [2.05, 4.69) is 4.74 Å². The minimum Gasteiger partial charge on any atom is -0.465 e. The molecule has 0 saturated heterocycles. The molecule has 0 fully saturated rings. The summed E-state index contributed by atoms with van der Waals surface area (Å²) in [7, 11) is 1.24. The fourth-order valence-electron chi connectivity index (χ4n) is 1.08. The van der Waals surface area contributed by atoms with E-state index in [9.17, 15) is 4.79 Å². The summed E-state index contributed by atoms with van der Waals surface area (Å²) in [5.41, 5.74) is 0.982. The van der Waals surface area contributed by atoms with Gasteiger partial charge in [-0.1, -0.05) is 42.5 Å². The average molecular weight is 213 g/mol. The van der Waals surface area contributed by atoms with E-state index in [0.29, 0.717) is 0 Å². The third kappa shape index (κ3) is 3.43. The Kier molecular flexibility index (Phi) is 4.55. The molecule has 0 aliphatic rings. The van der Waals surface area contributed by atoms with E-state index in [1.807, 2.05) is 30.3 Å². The SMILES string of the molecule is COC(=O)/C(C#N)=C/C=C/c1ccccc1. The maximum absolute atomic E-state index is 11.0. The van der Waals surface area contributed by atoms with Gasteiger partial charge in [0.2, 0.25) is 0 Å². The van der Waals surface area contributed by atoms with Crippen molar-refractivity contribution in [3.05, 3.63) is 53.6 Å². The molecular weight excluding hydrogens is 202 g/mol. The number of esters is 1. The van der Waals surface area contributed by atoms with Crippen molar-refractivity contribution in [2.45, 2.75) is 0 Å². The fourth-order valence-corrected chi connectivity index (χ4v) is 1.08. The van der Waals surface area contributed by atoms with Gasteiger partial charge in [0, 0.05) is 0 Å². The Balaban J connectivity index is 2.76. The van der Waals surface area contributed by atoms with Gasteiger partial charge in [0.25, 0.3) is 0 Å². The van der Waals surface area contributed by atoms with Crippen LogP contribution >= 0.6 is 0 Å². The van der Waals surface area contributed by atoms with E-state index in [1.54, 1.807) is 18.2 Å². The van der Waals surface area contributed by atoms with E-state index in [1.165, 1.54) is 13.2 Å². The number of methoxy groups -OCH3 is 1. The maximum atomic E-state index is 11.0. The van der Waals surface area contributed by atoms with Gasteiger partial charge in [-0.15, -0.1) is 0 Å². The van der Waals surface area contributed by atoms with Gasteiger partial charge < -0.3 is 4.74 Å². The maximum Gasteiger partial charge on any atom is 0.348 e. The third-order valence-corrected chi connectivity index (χ3v) is 1.88. The zero-order valence-electron chi connectivity index (χ0n) is 8.88. The highest BCUT2D eigenvalue weighted by molar-refractivity contribution is 5.93. The van der Waals surface area contributed by atoms with E-state index in [-0.39, 0.29) is 5.57 Å². The minimum atomic E-state index is -0.625. The number of carbonyl (C=O) groups is 1. The molecule has 0 heterocycles. The monoisotopic (exact) mass is 213 g/mol. The van der Waals surface area contributed by atoms with Crippen LogP contribution in [0.15, 0.2) is 48.1 Å². The predicted molar refractivity (Wildman–Crippen MR) is 61.2 cm³/mol. The third-order valence-electron chi connectivity index (χ3n) is 1.88. The summed E-state index contributed by atoms with van der Waals surface area (Å²) in [5.74, 6) is -0.625. The molecule has 0 bridgehead atoms. The second-order valence-electron chi connectivity index (χ2n) is 2.95. The number of nitriles is 1. The molecule has 0 saturated carbocycles. The smallest absolute Gasteiger partial charge is 0.348 e. The van der Waals surface area contributed by atoms with Crippen molar-refractivity contribution >= 4 is 12.0 Å². The molecule has 0 radical (unpaired) electrons. The molecule has 0 aliphatic heterocycles. The van der Waals surface area contributed by atoms with Gasteiger partial charge in [-0.05, 0) is 11.6 Å². The number of rotatable bonds is 3. The van der Waals surface area contributed by atoms with Gasteiger partial charge in [-0.2, -0.15) is 5.26 Å². The van der Waals surface area contributed by atoms with Gasteiger partial charge in [0.15, 0.2) is 0 Å². The first-order valence-electron chi connectivity index (χ1n) is 4.69. The van der Waals surface area contributed by atoms with Crippen molar-refractivity contribution in [1.82, 2.24) is 0 Å². The molecule has 0 amide bonds. The van der Waals surface area contributed by atoms with Crippen LogP contribution in [0.1, 0.15) is 5.56 Å². The minimum absolute atomic E-state index is 0.0188. The summed E-state index contributed by atoms with van der Waals surface area (Å²) >= 11 is 0. The average Bonchev–Trinajstić information content (AvgIpc) is 2.35. The van der Waals surface area contributed by atoms with Gasteiger partial charge in [-0.25, -0.2) is 4.79 Å². The van der Waals surface area contributed by atoms with Crippen LogP contribution in [0.3, 0.4) is 0 Å². The van der Waals surface area contributed by atoms with Crippen LogP contribution < -0.4 is 0 Å². The highest BCUT2D eigenvalue weighted by Crippen LogP contribution is 2.02. The summed E-state index contributed by atoms with van der Waals surface area (Å²) < 4.78 is 4.44. The quantitative estimate of drug-likeness (QED) is 0.335. The molecule has 1 rings (SSSR count). The largest absolute Gasteiger partial charge is 0.465 e. The molecule has 3 nitrogen and oxygen atoms in total. The number of ether oxygens (including phenoxy) is 1. The molecule has 0 spiro atoms. The van der Waals surface area contributed by atoms with Crippen molar-refractivity contribution in [2.75, 3.05) is 7.11 Å². The van der Waals surface area contributed by atoms with Crippen molar-refractivity contribution in [2.24, 2.45) is 0 Å². The molecule has 0 aromatic heterocycles.